The van der Waals surface area contributed by atoms with E-state index in [0.29, 0.717) is 12.1 Å². The summed E-state index contributed by atoms with van der Waals surface area (Å²) >= 11 is 1.46. The number of halogens is 2. The minimum absolute atomic E-state index is 0.0879. The molecule has 2 aromatic rings. The van der Waals surface area contributed by atoms with Crippen molar-refractivity contribution in [3.05, 3.63) is 52.9 Å². The van der Waals surface area contributed by atoms with Crippen LogP contribution < -0.4 is 3.87 Å². The van der Waals surface area contributed by atoms with Crippen LogP contribution in [-0.2, 0) is 27.0 Å². The summed E-state index contributed by atoms with van der Waals surface area (Å²) < 4.78 is 29.1. The first kappa shape index (κ1) is 12.5. The molecule has 1 nitrogen and oxygen atoms in total. The maximum atomic E-state index is 13.9. The number of aryl methyl sites for hydroxylation is 2. The summed E-state index contributed by atoms with van der Waals surface area (Å²) in [6.45, 7) is 4.39. The second kappa shape index (κ2) is 4.75. The van der Waals surface area contributed by atoms with Crippen molar-refractivity contribution in [2.24, 2.45) is 0 Å². The van der Waals surface area contributed by atoms with E-state index in [4.69, 9.17) is 0 Å². The second-order valence-corrected chi connectivity index (χ2v) is 4.88. The van der Waals surface area contributed by atoms with Crippen LogP contribution in [0.4, 0.5) is 8.78 Å². The Morgan fingerprint density at radius 2 is 1.65 bits per heavy atom. The molecule has 0 atom stereocenters. The molecule has 1 heterocycles. The van der Waals surface area contributed by atoms with Gasteiger partial charge < -0.3 is 0 Å². The fraction of sp³-hybridized carbons (Fsp3) is 0.231. The third kappa shape index (κ3) is 2.36. The van der Waals surface area contributed by atoms with Crippen molar-refractivity contribution in [1.82, 2.24) is 4.57 Å². The Morgan fingerprint density at radius 1 is 1.06 bits per heavy atom. The Bertz CT molecular complexity index is 541. The van der Waals surface area contributed by atoms with Crippen molar-refractivity contribution in [3.8, 4) is 0 Å². The molecular weight excluding hydrogens is 256 g/mol. The topological polar surface area (TPSA) is 4.93 Å². The Morgan fingerprint density at radius 3 is 2.24 bits per heavy atom. The quantitative estimate of drug-likeness (QED) is 0.738. The van der Waals surface area contributed by atoms with Crippen molar-refractivity contribution >= 4 is 3.87 Å². The van der Waals surface area contributed by atoms with Crippen LogP contribution in [0.25, 0.3) is 0 Å². The standard InChI is InChI=1S/C13H12F2N.Ti/c1-9-3-4-10(2)16(9)8-11-5-6-12(14)7-13(11)15;/h3-6H,8H2,1-2H3;. The predicted molar refractivity (Wildman–Crippen MR) is 59.0 cm³/mol. The van der Waals surface area contributed by atoms with Gasteiger partial charge in [-0.15, -0.1) is 0 Å². The van der Waals surface area contributed by atoms with Crippen LogP contribution in [0.15, 0.2) is 24.3 Å². The third-order valence-electron chi connectivity index (χ3n) is 2.92. The zero-order valence-corrected chi connectivity index (χ0v) is 11.3. The first-order valence-electron chi connectivity index (χ1n) is 5.32. The van der Waals surface area contributed by atoms with E-state index in [1.165, 1.54) is 32.6 Å². The number of aromatic nitrogens is 1. The van der Waals surface area contributed by atoms with Crippen LogP contribution in [-0.4, -0.2) is 4.57 Å². The van der Waals surface area contributed by atoms with Gasteiger partial charge in [-0.1, -0.05) is 0 Å². The summed E-state index contributed by atoms with van der Waals surface area (Å²) in [6.07, 6.45) is 0. The SMILES string of the molecule is Cc1ccc(C)n1Cc1ccc(F)[c]([Ti])c1F. The Hall–Kier alpha value is -0.926. The van der Waals surface area contributed by atoms with Gasteiger partial charge in [0.25, 0.3) is 0 Å². The Balaban J connectivity index is 2.41. The van der Waals surface area contributed by atoms with Gasteiger partial charge in [0.15, 0.2) is 0 Å². The van der Waals surface area contributed by atoms with Gasteiger partial charge in [0.2, 0.25) is 0 Å². The third-order valence-corrected chi connectivity index (χ3v) is 3.63. The first-order valence-corrected chi connectivity index (χ1v) is 6.10. The molecule has 0 unspecified atom stereocenters. The van der Waals surface area contributed by atoms with Crippen molar-refractivity contribution < 1.29 is 29.2 Å². The molecular formula is C13H12F2NTi. The van der Waals surface area contributed by atoms with E-state index < -0.39 is 11.6 Å². The molecule has 1 aromatic heterocycles. The number of hydrogen-bond acceptors (Lipinski definition) is 0. The van der Waals surface area contributed by atoms with Crippen LogP contribution in [0.3, 0.4) is 0 Å². The molecule has 0 bridgehead atoms. The molecule has 0 aliphatic heterocycles. The molecule has 0 saturated carbocycles. The van der Waals surface area contributed by atoms with Gasteiger partial charge in [-0.25, -0.2) is 0 Å². The van der Waals surface area contributed by atoms with E-state index >= 15 is 0 Å². The summed E-state index contributed by atoms with van der Waals surface area (Å²) in [5.41, 5.74) is 2.67. The Labute approximate surface area is 111 Å². The van der Waals surface area contributed by atoms with Crippen LogP contribution >= 0.6 is 0 Å². The monoisotopic (exact) mass is 268 g/mol. The number of rotatable bonds is 2. The summed E-state index contributed by atoms with van der Waals surface area (Å²) in [5, 5.41) is 0. The zero-order valence-electron chi connectivity index (χ0n) is 9.72. The van der Waals surface area contributed by atoms with Crippen LogP contribution in [0.5, 0.6) is 0 Å². The van der Waals surface area contributed by atoms with Crippen molar-refractivity contribution in [2.45, 2.75) is 20.4 Å². The van der Waals surface area contributed by atoms with Crippen molar-refractivity contribution in [1.29, 1.82) is 0 Å². The van der Waals surface area contributed by atoms with Gasteiger partial charge in [-0.05, 0) is 0 Å². The molecule has 0 aliphatic carbocycles. The molecule has 0 aliphatic rings. The molecule has 1 aromatic carbocycles. The zero-order chi connectivity index (χ0) is 12.6. The van der Waals surface area contributed by atoms with Gasteiger partial charge in [0, 0.05) is 0 Å². The van der Waals surface area contributed by atoms with Gasteiger partial charge in [0.05, 0.1) is 0 Å². The summed E-state index contributed by atoms with van der Waals surface area (Å²) in [5.74, 6) is -0.940. The second-order valence-electron chi connectivity index (χ2n) is 4.10. The number of hydrogen-bond donors (Lipinski definition) is 0. The van der Waals surface area contributed by atoms with E-state index in [1.54, 1.807) is 0 Å². The minimum atomic E-state index is -0.493. The van der Waals surface area contributed by atoms with Gasteiger partial charge in [-0.3, -0.25) is 0 Å². The normalized spacial score (nSPS) is 10.8. The van der Waals surface area contributed by atoms with E-state index in [9.17, 15) is 8.78 Å². The van der Waals surface area contributed by atoms with Crippen LogP contribution in [0.1, 0.15) is 17.0 Å². The molecule has 0 spiro atoms. The van der Waals surface area contributed by atoms with Crippen molar-refractivity contribution in [2.75, 3.05) is 0 Å². The first-order chi connectivity index (χ1) is 8.00. The summed E-state index contributed by atoms with van der Waals surface area (Å²) in [6, 6.07) is 6.81. The fourth-order valence-electron chi connectivity index (χ4n) is 1.84. The molecule has 0 fully saturated rings. The number of benzene rings is 1. The van der Waals surface area contributed by atoms with Crippen LogP contribution in [0.2, 0.25) is 0 Å². The van der Waals surface area contributed by atoms with Crippen LogP contribution in [0, 0.1) is 25.5 Å². The molecule has 2 rings (SSSR count). The molecule has 0 amide bonds. The van der Waals surface area contributed by atoms with Crippen molar-refractivity contribution in [3.63, 3.8) is 0 Å². The summed E-state index contributed by atoms with van der Waals surface area (Å²) in [7, 11) is 0. The van der Waals surface area contributed by atoms with Gasteiger partial charge in [-0.2, -0.15) is 0 Å². The van der Waals surface area contributed by atoms with E-state index in [2.05, 4.69) is 0 Å². The molecule has 87 valence electrons. The molecule has 0 radical (unpaired) electrons. The average molecular weight is 268 g/mol. The van der Waals surface area contributed by atoms with Gasteiger partial charge in [0.1, 0.15) is 0 Å². The van der Waals surface area contributed by atoms with E-state index in [1.807, 2.05) is 30.5 Å². The average Bonchev–Trinajstić information content (AvgIpc) is 2.61. The fourth-order valence-corrected chi connectivity index (χ4v) is 2.22. The molecule has 0 N–H and O–H groups in total. The van der Waals surface area contributed by atoms with Gasteiger partial charge >= 0.3 is 111 Å². The molecule has 4 heteroatoms. The summed E-state index contributed by atoms with van der Waals surface area (Å²) in [4.78, 5) is 0. The van der Waals surface area contributed by atoms with E-state index in [0.717, 1.165) is 11.4 Å². The molecule has 17 heavy (non-hydrogen) atoms. The Kier molecular flexibility index (Phi) is 3.50. The predicted octanol–water partition coefficient (Wildman–Crippen LogP) is 2.60. The molecule has 0 saturated heterocycles. The van der Waals surface area contributed by atoms with E-state index in [-0.39, 0.29) is 3.87 Å². The maximum absolute atomic E-state index is 13.9. The number of nitrogens with zero attached hydrogens (tertiary/aromatic N) is 1.